The zero-order valence-corrected chi connectivity index (χ0v) is 13.4. The van der Waals surface area contributed by atoms with E-state index in [9.17, 15) is 4.39 Å². The van der Waals surface area contributed by atoms with Crippen LogP contribution in [0.4, 0.5) is 4.39 Å². The lowest BCUT2D eigenvalue weighted by atomic mass is 10.0. The zero-order valence-electron chi connectivity index (χ0n) is 12.7. The largest absolute Gasteiger partial charge is 0.309 e. The Morgan fingerprint density at radius 1 is 1.38 bits per heavy atom. The average molecular weight is 310 g/mol. The van der Waals surface area contributed by atoms with Gasteiger partial charge in [-0.2, -0.15) is 5.10 Å². The Balaban J connectivity index is 2.30. The Hall–Kier alpha value is -1.39. The number of aryl methyl sites for hydroxylation is 2. The summed E-state index contributed by atoms with van der Waals surface area (Å²) in [5.74, 6) is -0.372. The Kier molecular flexibility index (Phi) is 5.37. The van der Waals surface area contributed by atoms with Crippen LogP contribution in [-0.4, -0.2) is 16.3 Å². The highest BCUT2D eigenvalue weighted by Crippen LogP contribution is 2.26. The molecule has 0 amide bonds. The van der Waals surface area contributed by atoms with E-state index in [1.807, 2.05) is 17.8 Å². The van der Waals surface area contributed by atoms with Crippen LogP contribution in [0.1, 0.15) is 36.8 Å². The van der Waals surface area contributed by atoms with Crippen LogP contribution >= 0.6 is 11.6 Å². The van der Waals surface area contributed by atoms with Crippen molar-refractivity contribution >= 4 is 11.6 Å². The minimum atomic E-state index is -0.372. The highest BCUT2D eigenvalue weighted by molar-refractivity contribution is 6.31. The lowest BCUT2D eigenvalue weighted by Crippen LogP contribution is -2.25. The summed E-state index contributed by atoms with van der Waals surface area (Å²) in [5, 5.41) is 8.12. The van der Waals surface area contributed by atoms with E-state index in [1.165, 1.54) is 6.07 Å². The molecule has 0 spiro atoms. The summed E-state index contributed by atoms with van der Waals surface area (Å²) in [6, 6.07) is 7.10. The number of likely N-dealkylation sites (N-methyl/N-ethyl adjacent to an activating group) is 1. The molecule has 0 fully saturated rings. The van der Waals surface area contributed by atoms with Crippen LogP contribution in [0.25, 0.3) is 0 Å². The number of benzene rings is 1. The molecule has 1 unspecified atom stereocenters. The molecule has 1 heterocycles. The van der Waals surface area contributed by atoms with Crippen molar-refractivity contribution in [2.45, 2.75) is 32.7 Å². The normalized spacial score (nSPS) is 12.6. The molecule has 0 aliphatic heterocycles. The highest BCUT2D eigenvalue weighted by Gasteiger charge is 2.18. The van der Waals surface area contributed by atoms with Crippen molar-refractivity contribution in [1.29, 1.82) is 0 Å². The van der Waals surface area contributed by atoms with Crippen LogP contribution in [0.2, 0.25) is 5.02 Å². The van der Waals surface area contributed by atoms with E-state index in [-0.39, 0.29) is 16.9 Å². The molecule has 0 aliphatic rings. The van der Waals surface area contributed by atoms with E-state index >= 15 is 0 Å². The fourth-order valence-corrected chi connectivity index (χ4v) is 2.70. The number of aromatic nitrogens is 2. The number of rotatable bonds is 6. The van der Waals surface area contributed by atoms with E-state index in [0.717, 1.165) is 29.9 Å². The second-order valence-electron chi connectivity index (χ2n) is 5.07. The summed E-state index contributed by atoms with van der Waals surface area (Å²) in [7, 11) is 1.94. The molecule has 114 valence electrons. The van der Waals surface area contributed by atoms with E-state index in [4.69, 9.17) is 11.6 Å². The first-order chi connectivity index (χ1) is 10.1. The van der Waals surface area contributed by atoms with Gasteiger partial charge in [0.15, 0.2) is 0 Å². The fourth-order valence-electron chi connectivity index (χ4n) is 2.50. The molecule has 5 heteroatoms. The Labute approximate surface area is 130 Å². The maximum absolute atomic E-state index is 13.6. The van der Waals surface area contributed by atoms with E-state index in [0.29, 0.717) is 6.42 Å². The molecular formula is C16H21ClFN3. The van der Waals surface area contributed by atoms with Crippen LogP contribution < -0.4 is 5.32 Å². The van der Waals surface area contributed by atoms with E-state index in [1.54, 1.807) is 6.07 Å². The van der Waals surface area contributed by atoms with Gasteiger partial charge in [0.25, 0.3) is 0 Å². The molecule has 0 saturated carbocycles. The predicted octanol–water partition coefficient (Wildman–Crippen LogP) is 3.67. The van der Waals surface area contributed by atoms with Crippen molar-refractivity contribution in [2.75, 3.05) is 6.54 Å². The second-order valence-corrected chi connectivity index (χ2v) is 5.44. The van der Waals surface area contributed by atoms with E-state index < -0.39 is 0 Å². The number of nitrogens with zero attached hydrogens (tertiary/aromatic N) is 2. The average Bonchev–Trinajstić information content (AvgIpc) is 2.84. The topological polar surface area (TPSA) is 29.9 Å². The summed E-state index contributed by atoms with van der Waals surface area (Å²) in [5.41, 5.74) is 2.96. The number of nitrogens with one attached hydrogen (secondary N) is 1. The fraction of sp³-hybridized carbons (Fsp3) is 0.438. The quantitative estimate of drug-likeness (QED) is 0.882. The van der Waals surface area contributed by atoms with Crippen molar-refractivity contribution in [3.8, 4) is 0 Å². The Morgan fingerprint density at radius 3 is 2.76 bits per heavy atom. The van der Waals surface area contributed by atoms with Gasteiger partial charge in [0.05, 0.1) is 22.5 Å². The van der Waals surface area contributed by atoms with Crippen molar-refractivity contribution in [3.05, 3.63) is 52.1 Å². The minimum absolute atomic E-state index is 0.0621. The van der Waals surface area contributed by atoms with Crippen LogP contribution in [-0.2, 0) is 19.9 Å². The monoisotopic (exact) mass is 309 g/mol. The first kappa shape index (κ1) is 16.0. The molecule has 3 nitrogen and oxygen atoms in total. The minimum Gasteiger partial charge on any atom is -0.309 e. The number of hydrogen-bond donors (Lipinski definition) is 1. The molecule has 1 N–H and O–H groups in total. The molecule has 1 aromatic carbocycles. The van der Waals surface area contributed by atoms with Gasteiger partial charge in [-0.15, -0.1) is 0 Å². The summed E-state index contributed by atoms with van der Waals surface area (Å²) < 4.78 is 15.5. The standard InChI is InChI=1S/C16H21ClFN3/c1-4-12-10-15(21(3)20-12)14(19-5-2)9-11-7-6-8-13(18)16(11)17/h6-8,10,14,19H,4-5,9H2,1-3H3. The third-order valence-corrected chi connectivity index (χ3v) is 4.02. The lowest BCUT2D eigenvalue weighted by molar-refractivity contribution is 0.506. The molecule has 2 aromatic rings. The van der Waals surface area contributed by atoms with Crippen LogP contribution in [0, 0.1) is 5.82 Å². The van der Waals surface area contributed by atoms with Gasteiger partial charge in [0.1, 0.15) is 5.82 Å². The number of hydrogen-bond acceptors (Lipinski definition) is 2. The van der Waals surface area contributed by atoms with Gasteiger partial charge in [0.2, 0.25) is 0 Å². The lowest BCUT2D eigenvalue weighted by Gasteiger charge is -2.19. The third-order valence-electron chi connectivity index (χ3n) is 3.59. The van der Waals surface area contributed by atoms with Gasteiger partial charge in [0, 0.05) is 7.05 Å². The molecule has 0 radical (unpaired) electrons. The summed E-state index contributed by atoms with van der Waals surface area (Å²) in [4.78, 5) is 0. The van der Waals surface area contributed by atoms with Crippen LogP contribution in [0.15, 0.2) is 24.3 Å². The van der Waals surface area contributed by atoms with Crippen molar-refractivity contribution in [2.24, 2.45) is 7.05 Å². The van der Waals surface area contributed by atoms with Gasteiger partial charge < -0.3 is 5.32 Å². The van der Waals surface area contributed by atoms with Crippen LogP contribution in [0.3, 0.4) is 0 Å². The number of halogens is 2. The molecule has 0 saturated heterocycles. The van der Waals surface area contributed by atoms with Crippen molar-refractivity contribution in [3.63, 3.8) is 0 Å². The van der Waals surface area contributed by atoms with Gasteiger partial charge in [-0.25, -0.2) is 4.39 Å². The second kappa shape index (κ2) is 7.05. The SMILES string of the molecule is CCNC(Cc1cccc(F)c1Cl)c1cc(CC)nn1C. The predicted molar refractivity (Wildman–Crippen MR) is 84.1 cm³/mol. The molecule has 1 aromatic heterocycles. The first-order valence-corrected chi connectivity index (χ1v) is 7.63. The Morgan fingerprint density at radius 2 is 2.14 bits per heavy atom. The smallest absolute Gasteiger partial charge is 0.142 e. The molecular weight excluding hydrogens is 289 g/mol. The maximum atomic E-state index is 13.6. The third kappa shape index (κ3) is 3.63. The Bertz CT molecular complexity index is 610. The summed E-state index contributed by atoms with van der Waals surface area (Å²) in [6.45, 7) is 4.96. The van der Waals surface area contributed by atoms with Crippen molar-refractivity contribution < 1.29 is 4.39 Å². The molecule has 1 atom stereocenters. The van der Waals surface area contributed by atoms with Gasteiger partial charge >= 0.3 is 0 Å². The van der Waals surface area contributed by atoms with Gasteiger partial charge in [-0.1, -0.05) is 37.6 Å². The molecule has 2 rings (SSSR count). The summed E-state index contributed by atoms with van der Waals surface area (Å²) in [6.07, 6.45) is 1.53. The molecule has 0 bridgehead atoms. The van der Waals surface area contributed by atoms with Crippen molar-refractivity contribution in [1.82, 2.24) is 15.1 Å². The maximum Gasteiger partial charge on any atom is 0.142 e. The van der Waals surface area contributed by atoms with Gasteiger partial charge in [-0.3, -0.25) is 4.68 Å². The van der Waals surface area contributed by atoms with Crippen LogP contribution in [0.5, 0.6) is 0 Å². The zero-order chi connectivity index (χ0) is 15.4. The molecule has 21 heavy (non-hydrogen) atoms. The highest BCUT2D eigenvalue weighted by atomic mass is 35.5. The van der Waals surface area contributed by atoms with Gasteiger partial charge in [-0.05, 0) is 37.1 Å². The first-order valence-electron chi connectivity index (χ1n) is 7.25. The molecule has 0 aliphatic carbocycles. The summed E-state index contributed by atoms with van der Waals surface area (Å²) >= 11 is 6.07. The van der Waals surface area contributed by atoms with E-state index in [2.05, 4.69) is 30.3 Å².